The Bertz CT molecular complexity index is 488. The summed E-state index contributed by atoms with van der Waals surface area (Å²) in [4.78, 5) is 4.84. The summed E-state index contributed by atoms with van der Waals surface area (Å²) in [6.07, 6.45) is 7.24. The molecule has 4 heteroatoms. The fraction of sp³-hybridized carbons (Fsp3) is 0.688. The number of pyridine rings is 1. The first kappa shape index (κ1) is 17.0. The van der Waals surface area contributed by atoms with E-state index in [4.69, 9.17) is 9.72 Å². The zero-order chi connectivity index (χ0) is 14.8. The van der Waals surface area contributed by atoms with Crippen LogP contribution in [0.2, 0.25) is 0 Å². The molecule has 108 valence electrons. The Morgan fingerprint density at radius 2 is 1.85 bits per heavy atom. The van der Waals surface area contributed by atoms with Gasteiger partial charge in [-0.2, -0.15) is 0 Å². The maximum absolute atomic E-state index is 5.78. The second-order valence-electron chi connectivity index (χ2n) is 5.60. The monoisotopic (exact) mass is 577 g/mol. The summed E-state index contributed by atoms with van der Waals surface area (Å²) >= 11 is 3.53. The molecule has 0 radical (unpaired) electrons. The SMILES string of the molecule is CC.CC1(I)CCc2nc3c([c]([Tl])c2CC1)CCCO3. The molecule has 1 aromatic rings. The van der Waals surface area contributed by atoms with Gasteiger partial charge in [0.2, 0.25) is 0 Å². The van der Waals surface area contributed by atoms with Crippen LogP contribution in [0, 0.1) is 0 Å². The minimum absolute atomic E-state index is 0.441. The molecule has 0 aromatic carbocycles. The molecule has 0 bridgehead atoms. The van der Waals surface area contributed by atoms with Crippen molar-refractivity contribution in [2.75, 3.05) is 6.61 Å². The summed E-state index contributed by atoms with van der Waals surface area (Å²) in [6, 6.07) is 0. The normalized spacial score (nSPS) is 24.4. The van der Waals surface area contributed by atoms with Gasteiger partial charge in [-0.25, -0.2) is 0 Å². The third kappa shape index (κ3) is 3.67. The number of hydrogen-bond donors (Lipinski definition) is 0. The summed E-state index contributed by atoms with van der Waals surface area (Å²) in [7, 11) is 0. The molecule has 1 unspecified atom stereocenters. The van der Waals surface area contributed by atoms with Gasteiger partial charge < -0.3 is 0 Å². The topological polar surface area (TPSA) is 22.1 Å². The first-order valence-corrected chi connectivity index (χ1v) is 11.0. The van der Waals surface area contributed by atoms with Gasteiger partial charge in [0.25, 0.3) is 0 Å². The quantitative estimate of drug-likeness (QED) is 0.205. The number of fused-ring (bicyclic) bond motifs is 2. The van der Waals surface area contributed by atoms with Gasteiger partial charge in [0, 0.05) is 0 Å². The number of alkyl halides is 1. The molecule has 2 aliphatic rings. The van der Waals surface area contributed by atoms with E-state index >= 15 is 0 Å². The van der Waals surface area contributed by atoms with Crippen molar-refractivity contribution in [3.05, 3.63) is 16.8 Å². The number of rotatable bonds is 0. The molecule has 20 heavy (non-hydrogen) atoms. The van der Waals surface area contributed by atoms with Crippen LogP contribution in [-0.4, -0.2) is 40.8 Å². The zero-order valence-electron chi connectivity index (χ0n) is 12.8. The number of aryl methyl sites for hydroxylation is 1. The standard InChI is InChI=1S/C14H17INO.C2H6.Tl/c1-14(15)6-4-10-9-11-3-2-8-17-13(11)16-12(10)5-7-14;1-2;/h2-8H2,1H3;1-2H3;. The van der Waals surface area contributed by atoms with Crippen LogP contribution < -0.4 is 7.86 Å². The van der Waals surface area contributed by atoms with Crippen LogP contribution in [0.5, 0.6) is 5.88 Å². The van der Waals surface area contributed by atoms with Crippen LogP contribution in [0.15, 0.2) is 0 Å². The van der Waals surface area contributed by atoms with Crippen molar-refractivity contribution < 1.29 is 4.74 Å². The first-order chi connectivity index (χ1) is 9.57. The van der Waals surface area contributed by atoms with E-state index in [1.54, 1.807) is 8.69 Å². The molecular weight excluding hydrogens is 553 g/mol. The molecule has 0 N–H and O–H groups in total. The van der Waals surface area contributed by atoms with Crippen molar-refractivity contribution in [3.8, 4) is 5.88 Å². The fourth-order valence-electron chi connectivity index (χ4n) is 2.86. The van der Waals surface area contributed by atoms with Crippen LogP contribution in [0.4, 0.5) is 0 Å². The van der Waals surface area contributed by atoms with Crippen molar-refractivity contribution in [2.45, 2.75) is 62.7 Å². The minimum atomic E-state index is 0.441. The van der Waals surface area contributed by atoms with E-state index in [2.05, 4.69) is 29.5 Å². The van der Waals surface area contributed by atoms with Gasteiger partial charge >= 0.3 is 139 Å². The summed E-state index contributed by atoms with van der Waals surface area (Å²) in [5.41, 5.74) is 4.38. The molecule has 0 saturated carbocycles. The number of nitrogens with zero attached hydrogens (tertiary/aromatic N) is 1. The number of halogens is 1. The van der Waals surface area contributed by atoms with E-state index in [0.717, 1.165) is 51.1 Å². The van der Waals surface area contributed by atoms with Crippen molar-refractivity contribution in [2.24, 2.45) is 0 Å². The van der Waals surface area contributed by atoms with Gasteiger partial charge in [0.05, 0.1) is 0 Å². The van der Waals surface area contributed by atoms with E-state index in [-0.39, 0.29) is 0 Å². The van der Waals surface area contributed by atoms with Gasteiger partial charge in [0.15, 0.2) is 0 Å². The Morgan fingerprint density at radius 1 is 1.15 bits per heavy atom. The van der Waals surface area contributed by atoms with Crippen molar-refractivity contribution in [3.63, 3.8) is 0 Å². The zero-order valence-corrected chi connectivity index (χ0v) is 19.4. The number of aromatic nitrogens is 1. The van der Waals surface area contributed by atoms with E-state index in [1.807, 2.05) is 13.8 Å². The second-order valence-corrected chi connectivity index (χ2v) is 10.4. The van der Waals surface area contributed by atoms with E-state index in [9.17, 15) is 0 Å². The Hall–Kier alpha value is 0.602. The molecule has 1 aliphatic heterocycles. The Balaban J connectivity index is 0.000000704. The first-order valence-electron chi connectivity index (χ1n) is 7.69. The molecule has 0 saturated heterocycles. The van der Waals surface area contributed by atoms with Crippen LogP contribution in [0.1, 0.15) is 56.9 Å². The Morgan fingerprint density at radius 3 is 2.60 bits per heavy atom. The Labute approximate surface area is 152 Å². The molecule has 3 rings (SSSR count). The van der Waals surface area contributed by atoms with E-state index in [0.29, 0.717) is 3.42 Å². The average molecular weight is 577 g/mol. The summed E-state index contributed by atoms with van der Waals surface area (Å²) in [5, 5.41) is 0. The van der Waals surface area contributed by atoms with Crippen LogP contribution >= 0.6 is 22.6 Å². The van der Waals surface area contributed by atoms with E-state index < -0.39 is 0 Å². The number of hydrogen-bond acceptors (Lipinski definition) is 2. The fourth-order valence-corrected chi connectivity index (χ4v) is 5.65. The molecule has 1 aliphatic carbocycles. The predicted molar refractivity (Wildman–Crippen MR) is 93.9 cm³/mol. The third-order valence-corrected chi connectivity index (χ3v) is 7.87. The summed E-state index contributed by atoms with van der Waals surface area (Å²) in [6.45, 7) is 7.23. The molecule has 2 heterocycles. The molecular formula is C16H23INOTl. The molecule has 0 spiro atoms. The molecule has 1 aromatic heterocycles. The molecule has 2 nitrogen and oxygen atoms in total. The van der Waals surface area contributed by atoms with Gasteiger partial charge in [-0.1, -0.05) is 13.8 Å². The van der Waals surface area contributed by atoms with Crippen LogP contribution in [0.3, 0.4) is 0 Å². The maximum atomic E-state index is 5.78. The second kappa shape index (κ2) is 7.24. The van der Waals surface area contributed by atoms with Crippen LogP contribution in [-0.2, 0) is 19.3 Å². The summed E-state index contributed by atoms with van der Waals surface area (Å²) in [5.74, 6) is 0.967. The van der Waals surface area contributed by atoms with E-state index in [1.165, 1.54) is 36.9 Å². The van der Waals surface area contributed by atoms with Crippen LogP contribution in [0.25, 0.3) is 0 Å². The van der Waals surface area contributed by atoms with Crippen molar-refractivity contribution in [1.82, 2.24) is 4.98 Å². The summed E-state index contributed by atoms with van der Waals surface area (Å²) < 4.78 is 7.85. The van der Waals surface area contributed by atoms with Gasteiger partial charge in [0.1, 0.15) is 0 Å². The van der Waals surface area contributed by atoms with Gasteiger partial charge in [-0.05, 0) is 0 Å². The predicted octanol–water partition coefficient (Wildman–Crippen LogP) is 3.30. The molecule has 1 atom stereocenters. The molecule has 0 fully saturated rings. The Kier molecular flexibility index (Phi) is 6.14. The van der Waals surface area contributed by atoms with Crippen molar-refractivity contribution >= 4 is 51.5 Å². The van der Waals surface area contributed by atoms with Gasteiger partial charge in [-0.3, -0.25) is 0 Å². The average Bonchev–Trinajstić information content (AvgIpc) is 2.61. The van der Waals surface area contributed by atoms with Crippen molar-refractivity contribution in [1.29, 1.82) is 0 Å². The third-order valence-electron chi connectivity index (χ3n) is 4.08. The number of ether oxygens (including phenoxy) is 1. The van der Waals surface area contributed by atoms with Gasteiger partial charge in [-0.15, -0.1) is 0 Å². The molecule has 0 amide bonds.